The van der Waals surface area contributed by atoms with Crippen LogP contribution in [0, 0.1) is 0 Å². The van der Waals surface area contributed by atoms with Gasteiger partial charge in [-0.3, -0.25) is 0 Å². The minimum atomic E-state index is -0.614. The molecule has 322 valence electrons. The van der Waals surface area contributed by atoms with Crippen molar-refractivity contribution in [2.24, 2.45) is 0 Å². The van der Waals surface area contributed by atoms with Gasteiger partial charge in [-0.05, 0) is 100 Å². The average Bonchev–Trinajstić information content (AvgIpc) is 4.04. The number of para-hydroxylation sites is 3. The van der Waals surface area contributed by atoms with E-state index >= 15 is 0 Å². The fourth-order valence-corrected chi connectivity index (χ4v) is 11.4. The molecule has 0 saturated carbocycles. The number of rotatable bonds is 7. The van der Waals surface area contributed by atoms with Crippen LogP contribution in [-0.2, 0) is 5.41 Å². The first-order chi connectivity index (χ1) is 34.2. The third-order valence-corrected chi connectivity index (χ3v) is 14.4. The highest BCUT2D eigenvalue weighted by Gasteiger charge is 2.47. The fourth-order valence-electron chi connectivity index (χ4n) is 11.4. The summed E-state index contributed by atoms with van der Waals surface area (Å²) in [6.07, 6.45) is 0. The van der Waals surface area contributed by atoms with Crippen molar-refractivity contribution in [3.05, 3.63) is 277 Å². The zero-order chi connectivity index (χ0) is 45.5. The first kappa shape index (κ1) is 39.1. The van der Waals surface area contributed by atoms with Crippen LogP contribution >= 0.6 is 0 Å². The summed E-state index contributed by atoms with van der Waals surface area (Å²) >= 11 is 0. The highest BCUT2D eigenvalue weighted by atomic mass is 15.0. The van der Waals surface area contributed by atoms with Crippen molar-refractivity contribution in [3.63, 3.8) is 0 Å². The molecule has 0 fully saturated rings. The third kappa shape index (κ3) is 5.95. The molecule has 0 saturated heterocycles. The third-order valence-electron chi connectivity index (χ3n) is 14.4. The zero-order valence-corrected chi connectivity index (χ0v) is 37.5. The van der Waals surface area contributed by atoms with E-state index in [-0.39, 0.29) is 0 Å². The number of aromatic nitrogens is 4. The number of benzene rings is 10. The maximum atomic E-state index is 5.16. The minimum absolute atomic E-state index is 0.614. The van der Waals surface area contributed by atoms with Gasteiger partial charge in [-0.1, -0.05) is 188 Å². The van der Waals surface area contributed by atoms with Gasteiger partial charge >= 0.3 is 0 Å². The summed E-state index contributed by atoms with van der Waals surface area (Å²) < 4.78 is 4.90. The molecule has 1 aliphatic carbocycles. The van der Waals surface area contributed by atoms with E-state index in [0.717, 1.165) is 50.5 Å². The molecule has 0 amide bonds. The Kier molecular flexibility index (Phi) is 8.77. The van der Waals surface area contributed by atoms with E-state index in [0.29, 0.717) is 5.82 Å². The van der Waals surface area contributed by atoms with Gasteiger partial charge in [0.05, 0.1) is 38.9 Å². The first-order valence-corrected chi connectivity index (χ1v) is 23.7. The first-order valence-electron chi connectivity index (χ1n) is 23.7. The van der Waals surface area contributed by atoms with Crippen molar-refractivity contribution in [2.75, 3.05) is 0 Å². The maximum absolute atomic E-state index is 5.16. The predicted octanol–water partition coefficient (Wildman–Crippen LogP) is 16.0. The van der Waals surface area contributed by atoms with E-state index in [2.05, 4.69) is 240 Å². The van der Waals surface area contributed by atoms with Gasteiger partial charge in [-0.25, -0.2) is 9.97 Å². The molecule has 1 aliphatic rings. The highest BCUT2D eigenvalue weighted by Crippen LogP contribution is 2.59. The molecular formula is C65H42N4. The van der Waals surface area contributed by atoms with E-state index in [1.807, 2.05) is 24.3 Å². The topological polar surface area (TPSA) is 35.6 Å². The van der Waals surface area contributed by atoms with Crippen molar-refractivity contribution >= 4 is 43.6 Å². The monoisotopic (exact) mass is 878 g/mol. The van der Waals surface area contributed by atoms with E-state index < -0.39 is 5.41 Å². The molecule has 0 aliphatic heterocycles. The minimum Gasteiger partial charge on any atom is -0.309 e. The number of hydrogen-bond acceptors (Lipinski definition) is 2. The second kappa shape index (κ2) is 15.5. The highest BCUT2D eigenvalue weighted by molar-refractivity contribution is 6.15. The largest absolute Gasteiger partial charge is 0.309 e. The van der Waals surface area contributed by atoms with E-state index in [4.69, 9.17) is 9.97 Å². The smallest absolute Gasteiger partial charge is 0.160 e. The number of hydrogen-bond donors (Lipinski definition) is 0. The molecule has 69 heavy (non-hydrogen) atoms. The maximum Gasteiger partial charge on any atom is 0.160 e. The van der Waals surface area contributed by atoms with E-state index in [9.17, 15) is 0 Å². The van der Waals surface area contributed by atoms with Crippen LogP contribution in [-0.4, -0.2) is 19.1 Å². The van der Waals surface area contributed by atoms with Gasteiger partial charge < -0.3 is 9.13 Å². The van der Waals surface area contributed by atoms with Crippen molar-refractivity contribution in [2.45, 2.75) is 5.41 Å². The van der Waals surface area contributed by atoms with Crippen LogP contribution in [0.5, 0.6) is 0 Å². The van der Waals surface area contributed by atoms with Crippen LogP contribution in [0.3, 0.4) is 0 Å². The Bertz CT molecular complexity index is 3980. The van der Waals surface area contributed by atoms with Gasteiger partial charge in [0.2, 0.25) is 0 Å². The van der Waals surface area contributed by atoms with E-state index in [1.165, 1.54) is 66.0 Å². The van der Waals surface area contributed by atoms with Gasteiger partial charge in [0.1, 0.15) is 0 Å². The van der Waals surface area contributed by atoms with Crippen molar-refractivity contribution < 1.29 is 0 Å². The molecule has 0 atom stereocenters. The summed E-state index contributed by atoms with van der Waals surface area (Å²) in [5.41, 5.74) is 18.7. The van der Waals surface area contributed by atoms with Gasteiger partial charge in [-0.2, -0.15) is 0 Å². The predicted molar refractivity (Wildman–Crippen MR) is 284 cm³/mol. The Morgan fingerprint density at radius 1 is 0.290 bits per heavy atom. The van der Waals surface area contributed by atoms with Crippen LogP contribution < -0.4 is 0 Å². The molecule has 14 rings (SSSR count). The van der Waals surface area contributed by atoms with Gasteiger partial charge in [-0.15, -0.1) is 0 Å². The second-order valence-electron chi connectivity index (χ2n) is 18.1. The zero-order valence-electron chi connectivity index (χ0n) is 37.5. The number of fused-ring (bicyclic) bond motifs is 9. The summed E-state index contributed by atoms with van der Waals surface area (Å²) in [7, 11) is 0. The van der Waals surface area contributed by atoms with Gasteiger partial charge in [0.25, 0.3) is 0 Å². The summed E-state index contributed by atoms with van der Waals surface area (Å²) in [6, 6.07) is 92.5. The second-order valence-corrected chi connectivity index (χ2v) is 18.1. The van der Waals surface area contributed by atoms with E-state index in [1.54, 1.807) is 0 Å². The molecule has 3 heterocycles. The molecule has 10 aromatic carbocycles. The molecule has 3 aromatic heterocycles. The fraction of sp³-hybridized carbons (Fsp3) is 0.0154. The lowest BCUT2D eigenvalue weighted by Crippen LogP contribution is -2.28. The van der Waals surface area contributed by atoms with Gasteiger partial charge in [0.15, 0.2) is 5.82 Å². The number of nitrogens with zero attached hydrogens (tertiary/aromatic N) is 4. The van der Waals surface area contributed by atoms with Crippen LogP contribution in [0.1, 0.15) is 22.3 Å². The molecule has 0 unspecified atom stereocenters. The molecule has 0 bridgehead atoms. The molecule has 0 radical (unpaired) electrons. The SMILES string of the molecule is c1ccc(-c2cc(-c3ccc(-n4c5ccccc5c5cc6c(cc54)C(c4ccccc4)(c4ccccc4)c4cc5c7ccccc7n(-c7ccccc7)c5cc4-6)cc3)nc(-c3ccccc3)n2)cc1. The average molecular weight is 879 g/mol. The molecule has 0 N–H and O–H groups in total. The Balaban J connectivity index is 1.02. The van der Waals surface area contributed by atoms with Crippen LogP contribution in [0.4, 0.5) is 0 Å². The van der Waals surface area contributed by atoms with Crippen molar-refractivity contribution in [3.8, 4) is 56.4 Å². The Hall–Kier alpha value is -9.12. The Morgan fingerprint density at radius 3 is 1.29 bits per heavy atom. The summed E-state index contributed by atoms with van der Waals surface area (Å²) in [4.78, 5) is 10.2. The summed E-state index contributed by atoms with van der Waals surface area (Å²) in [5.74, 6) is 0.704. The molecule has 13 aromatic rings. The standard InChI is InChI=1S/C65H42N4/c1-6-20-43(21-7-1)58-42-59(67-64(66-58)45-22-8-2-9-23-45)44-34-36-49(37-35-44)69-60-32-18-16-30-50(60)54-38-52-53-40-62-55(51-31-17-19-33-61(51)68(62)48-28-14-5-15-29-48)39-56(53)65(57(52)41-63(54)69,46-24-10-3-11-25-46)47-26-12-4-13-27-47/h1-42H. The lowest BCUT2D eigenvalue weighted by Gasteiger charge is -2.34. The lowest BCUT2D eigenvalue weighted by molar-refractivity contribution is 0.770. The molecule has 4 heteroatoms. The Morgan fingerprint density at radius 2 is 0.710 bits per heavy atom. The summed E-state index contributed by atoms with van der Waals surface area (Å²) in [5, 5.41) is 4.92. The van der Waals surface area contributed by atoms with Crippen LogP contribution in [0.25, 0.3) is 100 Å². The van der Waals surface area contributed by atoms with Crippen molar-refractivity contribution in [1.29, 1.82) is 0 Å². The van der Waals surface area contributed by atoms with Crippen LogP contribution in [0.2, 0.25) is 0 Å². The van der Waals surface area contributed by atoms with Crippen LogP contribution in [0.15, 0.2) is 255 Å². The lowest BCUT2D eigenvalue weighted by atomic mass is 9.67. The molecular weight excluding hydrogens is 837 g/mol. The van der Waals surface area contributed by atoms with Gasteiger partial charge in [0, 0.05) is 49.6 Å². The van der Waals surface area contributed by atoms with Crippen molar-refractivity contribution in [1.82, 2.24) is 19.1 Å². The molecule has 0 spiro atoms. The Labute approximate surface area is 399 Å². The normalized spacial score (nSPS) is 12.8. The summed E-state index contributed by atoms with van der Waals surface area (Å²) in [6.45, 7) is 0. The quantitative estimate of drug-likeness (QED) is 0.160. The molecule has 4 nitrogen and oxygen atoms in total.